The van der Waals surface area contributed by atoms with Crippen molar-refractivity contribution < 1.29 is 19.2 Å². The molecule has 1 fully saturated rings. The van der Waals surface area contributed by atoms with Gasteiger partial charge in [-0.15, -0.1) is 0 Å². The maximum absolute atomic E-state index is 12.3. The highest BCUT2D eigenvalue weighted by molar-refractivity contribution is 7.99. The largest absolute Gasteiger partial charge is 0.479 e. The first-order valence-electron chi connectivity index (χ1n) is 7.07. The highest BCUT2D eigenvalue weighted by Crippen LogP contribution is 2.28. The van der Waals surface area contributed by atoms with Gasteiger partial charge in [-0.1, -0.05) is 5.16 Å². The lowest BCUT2D eigenvalue weighted by Crippen LogP contribution is -2.54. The Morgan fingerprint density at radius 3 is 3.00 bits per heavy atom. The van der Waals surface area contributed by atoms with E-state index in [-0.39, 0.29) is 5.69 Å². The van der Waals surface area contributed by atoms with Gasteiger partial charge in [0.05, 0.1) is 6.20 Å². The van der Waals surface area contributed by atoms with Gasteiger partial charge in [0.15, 0.2) is 11.5 Å². The van der Waals surface area contributed by atoms with E-state index < -0.39 is 17.4 Å². The van der Waals surface area contributed by atoms with E-state index in [1.54, 1.807) is 10.9 Å². The van der Waals surface area contributed by atoms with Crippen molar-refractivity contribution in [3.8, 4) is 0 Å². The lowest BCUT2D eigenvalue weighted by molar-refractivity contribution is -0.143. The van der Waals surface area contributed by atoms with E-state index in [1.165, 1.54) is 17.8 Å². The monoisotopic (exact) mass is 336 g/mol. The van der Waals surface area contributed by atoms with Crippen LogP contribution in [0.5, 0.6) is 0 Å². The first-order valence-corrected chi connectivity index (χ1v) is 8.22. The minimum absolute atomic E-state index is 0.0707. The molecule has 1 aliphatic rings. The molecule has 0 aliphatic carbocycles. The predicted molar refractivity (Wildman–Crippen MR) is 82.3 cm³/mol. The Bertz CT molecular complexity index is 733. The number of thioether (sulfide) groups is 1. The quantitative estimate of drug-likeness (QED) is 0.835. The van der Waals surface area contributed by atoms with Crippen molar-refractivity contribution in [2.75, 3.05) is 11.5 Å². The van der Waals surface area contributed by atoms with Crippen LogP contribution in [-0.4, -0.2) is 49.0 Å². The fourth-order valence-electron chi connectivity index (χ4n) is 2.37. The fraction of sp³-hybridized carbons (Fsp3) is 0.429. The number of rotatable bonds is 5. The van der Waals surface area contributed by atoms with E-state index in [0.29, 0.717) is 30.2 Å². The number of nitrogens with one attached hydrogen (secondary N) is 1. The molecule has 2 aromatic rings. The van der Waals surface area contributed by atoms with Gasteiger partial charge in [0.2, 0.25) is 0 Å². The number of amides is 1. The molecule has 2 aromatic heterocycles. The van der Waals surface area contributed by atoms with Crippen molar-refractivity contribution in [3.05, 3.63) is 35.5 Å². The number of aryl methyl sites for hydroxylation is 1. The summed E-state index contributed by atoms with van der Waals surface area (Å²) in [5.41, 5.74) is -0.133. The van der Waals surface area contributed by atoms with E-state index in [2.05, 4.69) is 15.6 Å². The minimum Gasteiger partial charge on any atom is -0.479 e. The van der Waals surface area contributed by atoms with Crippen molar-refractivity contribution in [3.63, 3.8) is 0 Å². The number of carboxylic acid groups (broad SMARTS) is 1. The number of aromatic nitrogens is 3. The number of aliphatic carboxylic acids is 1. The second-order valence-corrected chi connectivity index (χ2v) is 6.64. The fourth-order valence-corrected chi connectivity index (χ4v) is 3.70. The molecule has 0 saturated carbocycles. The van der Waals surface area contributed by atoms with Crippen LogP contribution in [0.2, 0.25) is 0 Å². The first kappa shape index (κ1) is 15.6. The van der Waals surface area contributed by atoms with E-state index in [9.17, 15) is 14.7 Å². The van der Waals surface area contributed by atoms with Gasteiger partial charge >= 0.3 is 5.97 Å². The van der Waals surface area contributed by atoms with Gasteiger partial charge < -0.3 is 14.9 Å². The number of carboxylic acids is 1. The second kappa shape index (κ2) is 6.07. The average molecular weight is 336 g/mol. The van der Waals surface area contributed by atoms with Crippen LogP contribution in [0, 0.1) is 6.92 Å². The molecule has 1 atom stereocenters. The Morgan fingerprint density at radius 2 is 2.39 bits per heavy atom. The first-order chi connectivity index (χ1) is 11.0. The Morgan fingerprint density at radius 1 is 1.57 bits per heavy atom. The molecule has 122 valence electrons. The molecule has 2 N–H and O–H groups in total. The predicted octanol–water partition coefficient (Wildman–Crippen LogP) is 0.918. The summed E-state index contributed by atoms with van der Waals surface area (Å²) in [6.07, 6.45) is 3.96. The average Bonchev–Trinajstić information content (AvgIpc) is 3.21. The summed E-state index contributed by atoms with van der Waals surface area (Å²) in [5.74, 6) is -0.0303. The highest BCUT2D eigenvalue weighted by atomic mass is 32.2. The molecule has 1 amide bonds. The molecule has 1 unspecified atom stereocenters. The summed E-state index contributed by atoms with van der Waals surface area (Å²) in [7, 11) is 0. The zero-order chi connectivity index (χ0) is 16.4. The Kier molecular flexibility index (Phi) is 4.12. The van der Waals surface area contributed by atoms with Crippen LogP contribution < -0.4 is 5.32 Å². The molecular formula is C14H16N4O4S. The molecular weight excluding hydrogens is 320 g/mol. The summed E-state index contributed by atoms with van der Waals surface area (Å²) in [4.78, 5) is 23.7. The third-order valence-electron chi connectivity index (χ3n) is 3.66. The molecule has 0 aromatic carbocycles. The normalized spacial score (nSPS) is 20.6. The molecule has 0 radical (unpaired) electrons. The van der Waals surface area contributed by atoms with Crippen LogP contribution in [0.4, 0.5) is 0 Å². The summed E-state index contributed by atoms with van der Waals surface area (Å²) in [6.45, 7) is 2.28. The van der Waals surface area contributed by atoms with Crippen LogP contribution in [-0.2, 0) is 11.3 Å². The lowest BCUT2D eigenvalue weighted by atomic mass is 9.99. The summed E-state index contributed by atoms with van der Waals surface area (Å²) < 4.78 is 6.80. The molecule has 8 nitrogen and oxygen atoms in total. The smallest absolute Gasteiger partial charge is 0.330 e. The zero-order valence-corrected chi connectivity index (χ0v) is 13.3. The van der Waals surface area contributed by atoms with Crippen LogP contribution in [0.25, 0.3) is 0 Å². The third kappa shape index (κ3) is 3.24. The molecule has 1 aliphatic heterocycles. The standard InChI is InChI=1S/C14H16N4O4S/c1-9-5-15-18(6-9)7-10-4-11(17-22-10)12(19)16-14(13(20)21)2-3-23-8-14/h4-6H,2-3,7-8H2,1H3,(H,16,19)(H,20,21). The Hall–Kier alpha value is -2.29. The van der Waals surface area contributed by atoms with Crippen LogP contribution in [0.1, 0.15) is 28.2 Å². The number of carbonyl (C=O) groups excluding carboxylic acids is 1. The van der Waals surface area contributed by atoms with Crippen LogP contribution in [0.3, 0.4) is 0 Å². The molecule has 23 heavy (non-hydrogen) atoms. The molecule has 0 bridgehead atoms. The minimum atomic E-state index is -1.22. The van der Waals surface area contributed by atoms with Gasteiger partial charge in [0.25, 0.3) is 5.91 Å². The molecule has 9 heteroatoms. The summed E-state index contributed by atoms with van der Waals surface area (Å²) >= 11 is 1.50. The topological polar surface area (TPSA) is 110 Å². The van der Waals surface area contributed by atoms with Crippen molar-refractivity contribution in [1.82, 2.24) is 20.3 Å². The van der Waals surface area contributed by atoms with Gasteiger partial charge in [0.1, 0.15) is 12.1 Å². The molecule has 3 rings (SSSR count). The maximum atomic E-state index is 12.3. The molecule has 0 spiro atoms. The summed E-state index contributed by atoms with van der Waals surface area (Å²) in [5, 5.41) is 19.8. The summed E-state index contributed by atoms with van der Waals surface area (Å²) in [6, 6.07) is 1.50. The van der Waals surface area contributed by atoms with Gasteiger partial charge in [-0.05, 0) is 24.7 Å². The second-order valence-electron chi connectivity index (χ2n) is 5.54. The van der Waals surface area contributed by atoms with Gasteiger partial charge in [-0.3, -0.25) is 9.48 Å². The number of hydrogen-bond donors (Lipinski definition) is 2. The van der Waals surface area contributed by atoms with E-state index in [4.69, 9.17) is 4.52 Å². The van der Waals surface area contributed by atoms with E-state index in [0.717, 1.165) is 5.56 Å². The number of carbonyl (C=O) groups is 2. The van der Waals surface area contributed by atoms with E-state index in [1.807, 2.05) is 13.1 Å². The van der Waals surface area contributed by atoms with Gasteiger partial charge in [0, 0.05) is 18.0 Å². The van der Waals surface area contributed by atoms with Crippen LogP contribution >= 0.6 is 11.8 Å². The number of nitrogens with zero attached hydrogens (tertiary/aromatic N) is 3. The van der Waals surface area contributed by atoms with Crippen molar-refractivity contribution >= 4 is 23.6 Å². The number of hydrogen-bond acceptors (Lipinski definition) is 6. The lowest BCUT2D eigenvalue weighted by Gasteiger charge is -2.23. The highest BCUT2D eigenvalue weighted by Gasteiger charge is 2.43. The Balaban J connectivity index is 1.69. The Labute approximate surface area is 136 Å². The zero-order valence-electron chi connectivity index (χ0n) is 12.5. The van der Waals surface area contributed by atoms with Crippen molar-refractivity contribution in [1.29, 1.82) is 0 Å². The SMILES string of the molecule is Cc1cnn(Cc2cc(C(=O)NC3(C(=O)O)CCSC3)no2)c1. The molecule has 1 saturated heterocycles. The van der Waals surface area contributed by atoms with Crippen LogP contribution in [0.15, 0.2) is 23.0 Å². The van der Waals surface area contributed by atoms with Gasteiger partial charge in [-0.2, -0.15) is 16.9 Å². The maximum Gasteiger partial charge on any atom is 0.330 e. The van der Waals surface area contributed by atoms with Crippen molar-refractivity contribution in [2.45, 2.75) is 25.4 Å². The third-order valence-corrected chi connectivity index (χ3v) is 4.85. The van der Waals surface area contributed by atoms with Gasteiger partial charge in [-0.25, -0.2) is 4.79 Å². The van der Waals surface area contributed by atoms with E-state index >= 15 is 0 Å². The molecule has 3 heterocycles. The van der Waals surface area contributed by atoms with Crippen molar-refractivity contribution in [2.24, 2.45) is 0 Å².